The van der Waals surface area contributed by atoms with Crippen molar-refractivity contribution in [2.75, 3.05) is 7.05 Å². The smallest absolute Gasteiger partial charge is 0.216 e. The molecule has 1 unspecified atom stereocenters. The molecule has 66 valence electrons. The molecule has 0 aliphatic heterocycles. The number of likely N-dealkylation sites (N-methyl/N-ethyl adjacent to an activating group) is 1. The second kappa shape index (κ2) is 3.44. The number of carbonyl (C=O) groups excluding carboxylic acids is 1. The molecule has 0 bridgehead atoms. The molecule has 0 spiro atoms. The van der Waals surface area contributed by atoms with Crippen molar-refractivity contribution in [3.05, 3.63) is 12.2 Å². The second-order valence-corrected chi connectivity index (χ2v) is 2.64. The van der Waals surface area contributed by atoms with Crippen LogP contribution in [0.15, 0.2) is 6.33 Å². The molecule has 12 heavy (non-hydrogen) atoms. The molecule has 0 saturated heterocycles. The second-order valence-electron chi connectivity index (χ2n) is 2.64. The molecule has 0 fully saturated rings. The average Bonchev–Trinajstić information content (AvgIpc) is 2.48. The Hall–Kier alpha value is -1.23. The predicted molar refractivity (Wildman–Crippen MR) is 43.9 cm³/mol. The van der Waals surface area contributed by atoms with E-state index in [1.54, 1.807) is 25.6 Å². The van der Waals surface area contributed by atoms with Gasteiger partial charge in [0.15, 0.2) is 0 Å². The molecule has 1 aromatic heterocycles. The van der Waals surface area contributed by atoms with E-state index in [2.05, 4.69) is 15.5 Å². The molecule has 0 aliphatic rings. The first-order valence-electron chi connectivity index (χ1n) is 3.72. The zero-order chi connectivity index (χ0) is 9.14. The van der Waals surface area contributed by atoms with Crippen molar-refractivity contribution in [1.82, 2.24) is 20.1 Å². The van der Waals surface area contributed by atoms with Crippen LogP contribution >= 0.6 is 0 Å². The first-order chi connectivity index (χ1) is 5.66. The van der Waals surface area contributed by atoms with E-state index in [1.807, 2.05) is 0 Å². The Morgan fingerprint density at radius 1 is 1.75 bits per heavy atom. The third-order valence-electron chi connectivity index (χ3n) is 1.76. The van der Waals surface area contributed by atoms with Crippen LogP contribution in [0, 0.1) is 0 Å². The van der Waals surface area contributed by atoms with E-state index in [9.17, 15) is 4.79 Å². The summed E-state index contributed by atoms with van der Waals surface area (Å²) < 4.78 is 1.61. The molecule has 1 atom stereocenters. The lowest BCUT2D eigenvalue weighted by Gasteiger charge is -2.06. The summed E-state index contributed by atoms with van der Waals surface area (Å²) in [5.41, 5.74) is 0. The number of aromatic nitrogens is 3. The lowest BCUT2D eigenvalue weighted by Crippen LogP contribution is -2.32. The minimum Gasteiger partial charge on any atom is -0.314 e. The van der Waals surface area contributed by atoms with Gasteiger partial charge in [-0.05, 0) is 14.0 Å². The monoisotopic (exact) mass is 168 g/mol. The Labute approximate surface area is 70.8 Å². The number of hydrogen-bond acceptors (Lipinski definition) is 4. The van der Waals surface area contributed by atoms with Gasteiger partial charge < -0.3 is 9.88 Å². The van der Waals surface area contributed by atoms with E-state index < -0.39 is 0 Å². The third-order valence-corrected chi connectivity index (χ3v) is 1.76. The van der Waals surface area contributed by atoms with Crippen molar-refractivity contribution in [1.29, 1.82) is 0 Å². The Bertz CT molecular complexity index is 281. The lowest BCUT2D eigenvalue weighted by atomic mass is 10.2. The van der Waals surface area contributed by atoms with Gasteiger partial charge in [0.2, 0.25) is 11.6 Å². The van der Waals surface area contributed by atoms with Gasteiger partial charge in [-0.15, -0.1) is 10.2 Å². The number of rotatable bonds is 3. The van der Waals surface area contributed by atoms with Crippen molar-refractivity contribution in [3.8, 4) is 0 Å². The number of Topliss-reactive ketones (excluding diaryl/α,β-unsaturated/α-hetero) is 1. The zero-order valence-corrected chi connectivity index (χ0v) is 7.40. The van der Waals surface area contributed by atoms with E-state index in [1.165, 1.54) is 6.33 Å². The first-order valence-corrected chi connectivity index (χ1v) is 3.72. The van der Waals surface area contributed by atoms with Crippen molar-refractivity contribution in [3.63, 3.8) is 0 Å². The summed E-state index contributed by atoms with van der Waals surface area (Å²) in [4.78, 5) is 11.5. The highest BCUT2D eigenvalue weighted by atomic mass is 16.1. The highest BCUT2D eigenvalue weighted by Crippen LogP contribution is 1.97. The zero-order valence-electron chi connectivity index (χ0n) is 7.40. The summed E-state index contributed by atoms with van der Waals surface area (Å²) in [5.74, 6) is 0.342. The highest BCUT2D eigenvalue weighted by molar-refractivity contribution is 5.96. The van der Waals surface area contributed by atoms with Crippen LogP contribution in [-0.2, 0) is 7.05 Å². The van der Waals surface area contributed by atoms with Crippen LogP contribution in [0.5, 0.6) is 0 Å². The SMILES string of the molecule is CNC(C)C(=O)c1nncn1C. The molecule has 1 N–H and O–H groups in total. The largest absolute Gasteiger partial charge is 0.314 e. The number of nitrogens with one attached hydrogen (secondary N) is 1. The molecule has 0 radical (unpaired) electrons. The highest BCUT2D eigenvalue weighted by Gasteiger charge is 2.17. The van der Waals surface area contributed by atoms with Gasteiger partial charge in [0.25, 0.3) is 0 Å². The fraction of sp³-hybridized carbons (Fsp3) is 0.571. The van der Waals surface area contributed by atoms with Crippen LogP contribution in [0.4, 0.5) is 0 Å². The van der Waals surface area contributed by atoms with Gasteiger partial charge in [-0.25, -0.2) is 0 Å². The Morgan fingerprint density at radius 2 is 2.42 bits per heavy atom. The molecular formula is C7H12N4O. The molecule has 1 heterocycles. The molecule has 5 heteroatoms. The van der Waals surface area contributed by atoms with Crippen molar-refractivity contribution in [2.45, 2.75) is 13.0 Å². The van der Waals surface area contributed by atoms with Gasteiger partial charge in [0.1, 0.15) is 6.33 Å². The summed E-state index contributed by atoms with van der Waals surface area (Å²) in [6.07, 6.45) is 1.51. The minimum atomic E-state index is -0.215. The van der Waals surface area contributed by atoms with Crippen molar-refractivity contribution >= 4 is 5.78 Å². The maximum absolute atomic E-state index is 11.5. The average molecular weight is 168 g/mol. The fourth-order valence-electron chi connectivity index (χ4n) is 0.831. The van der Waals surface area contributed by atoms with Crippen LogP contribution < -0.4 is 5.32 Å². The maximum atomic E-state index is 11.5. The topological polar surface area (TPSA) is 59.8 Å². The molecule has 1 rings (SSSR count). The molecule has 0 amide bonds. The molecule has 0 aliphatic carbocycles. The van der Waals surface area contributed by atoms with E-state index in [0.29, 0.717) is 5.82 Å². The van der Waals surface area contributed by atoms with Gasteiger partial charge in [-0.2, -0.15) is 0 Å². The van der Waals surface area contributed by atoms with E-state index in [-0.39, 0.29) is 11.8 Å². The lowest BCUT2D eigenvalue weighted by molar-refractivity contribution is 0.0941. The Balaban J connectivity index is 2.85. The minimum absolute atomic E-state index is 0.0440. The quantitative estimate of drug-likeness (QED) is 0.624. The number of hydrogen-bond donors (Lipinski definition) is 1. The van der Waals surface area contributed by atoms with E-state index >= 15 is 0 Å². The van der Waals surface area contributed by atoms with Crippen LogP contribution in [0.1, 0.15) is 17.5 Å². The van der Waals surface area contributed by atoms with Crippen molar-refractivity contribution < 1.29 is 4.79 Å². The number of nitrogens with zero attached hydrogens (tertiary/aromatic N) is 3. The van der Waals surface area contributed by atoms with Crippen LogP contribution in [0.2, 0.25) is 0 Å². The van der Waals surface area contributed by atoms with Crippen molar-refractivity contribution in [2.24, 2.45) is 7.05 Å². The molecule has 5 nitrogen and oxygen atoms in total. The molecule has 1 aromatic rings. The molecule has 0 aromatic carbocycles. The summed E-state index contributed by atoms with van der Waals surface area (Å²) in [6, 6.07) is -0.215. The van der Waals surface area contributed by atoms with Crippen LogP contribution in [0.25, 0.3) is 0 Å². The van der Waals surface area contributed by atoms with Crippen LogP contribution in [-0.4, -0.2) is 33.6 Å². The predicted octanol–water partition coefficient (Wildman–Crippen LogP) is -0.394. The number of aryl methyl sites for hydroxylation is 1. The number of carbonyl (C=O) groups is 1. The van der Waals surface area contributed by atoms with Gasteiger partial charge in [0.05, 0.1) is 6.04 Å². The van der Waals surface area contributed by atoms with Gasteiger partial charge >= 0.3 is 0 Å². The van der Waals surface area contributed by atoms with E-state index in [4.69, 9.17) is 0 Å². The number of ketones is 1. The normalized spacial score (nSPS) is 12.9. The first kappa shape index (κ1) is 8.86. The Morgan fingerprint density at radius 3 is 2.83 bits per heavy atom. The summed E-state index contributed by atoms with van der Waals surface area (Å²) in [7, 11) is 3.48. The molecular weight excluding hydrogens is 156 g/mol. The van der Waals surface area contributed by atoms with Gasteiger partial charge in [-0.3, -0.25) is 4.79 Å². The third kappa shape index (κ3) is 1.50. The fourth-order valence-corrected chi connectivity index (χ4v) is 0.831. The van der Waals surface area contributed by atoms with Crippen LogP contribution in [0.3, 0.4) is 0 Å². The van der Waals surface area contributed by atoms with Gasteiger partial charge in [-0.1, -0.05) is 0 Å². The summed E-state index contributed by atoms with van der Waals surface area (Å²) in [6.45, 7) is 1.79. The summed E-state index contributed by atoms with van der Waals surface area (Å²) >= 11 is 0. The maximum Gasteiger partial charge on any atom is 0.216 e. The van der Waals surface area contributed by atoms with E-state index in [0.717, 1.165) is 0 Å². The molecule has 0 saturated carbocycles. The Kier molecular flexibility index (Phi) is 2.54. The summed E-state index contributed by atoms with van der Waals surface area (Å²) in [5, 5.41) is 10.2. The van der Waals surface area contributed by atoms with Gasteiger partial charge in [0, 0.05) is 7.05 Å². The standard InChI is InChI=1S/C7H12N4O/c1-5(8-2)6(12)7-10-9-4-11(7)3/h4-5,8H,1-3H3.